The van der Waals surface area contributed by atoms with Gasteiger partial charge in [-0.1, -0.05) is 0 Å². The first-order valence-electron chi connectivity index (χ1n) is 15.1. The molecule has 2 fully saturated rings. The van der Waals surface area contributed by atoms with E-state index in [1.165, 1.54) is 24.3 Å². The highest BCUT2D eigenvalue weighted by molar-refractivity contribution is 6.22. The number of benzene rings is 2. The summed E-state index contributed by atoms with van der Waals surface area (Å²) in [5.41, 5.74) is 12.9. The summed E-state index contributed by atoms with van der Waals surface area (Å²) in [5.74, 6) is -1.52. The highest BCUT2D eigenvalue weighted by Gasteiger charge is 2.48. The number of amides is 2. The molecule has 0 bridgehead atoms. The van der Waals surface area contributed by atoms with Crippen molar-refractivity contribution in [3.8, 4) is 0 Å². The lowest BCUT2D eigenvalue weighted by Gasteiger charge is -2.39. The Hall–Kier alpha value is -4.54. The first-order valence-corrected chi connectivity index (χ1v) is 15.1. The Bertz CT molecular complexity index is 1930. The molecule has 15 heteroatoms. The van der Waals surface area contributed by atoms with E-state index in [4.69, 9.17) is 0 Å². The van der Waals surface area contributed by atoms with Gasteiger partial charge in [0.05, 0.1) is 44.7 Å². The minimum absolute atomic E-state index is 0. The number of rotatable bonds is 0. The second-order valence-corrected chi connectivity index (χ2v) is 13.1. The zero-order chi connectivity index (χ0) is 30.1. The van der Waals surface area contributed by atoms with Crippen molar-refractivity contribution in [1.82, 2.24) is 30.6 Å². The molecule has 4 aromatic rings. The molecule has 0 aliphatic carbocycles. The Labute approximate surface area is 267 Å². The Morgan fingerprint density at radius 3 is 1.49 bits per heavy atom. The number of carbonyl (C=O) groups excluding carboxylic acids is 2. The van der Waals surface area contributed by atoms with Crippen molar-refractivity contribution in [2.45, 2.75) is 50.6 Å². The maximum atomic E-state index is 13.9. The summed E-state index contributed by atoms with van der Waals surface area (Å²) in [4.78, 5) is 36.0. The fourth-order valence-electron chi connectivity index (χ4n) is 8.51. The van der Waals surface area contributed by atoms with Crippen molar-refractivity contribution < 1.29 is 34.8 Å². The lowest BCUT2D eigenvalue weighted by Crippen LogP contribution is -2.47. The van der Waals surface area contributed by atoms with Gasteiger partial charge in [0.1, 0.15) is 11.6 Å². The van der Waals surface area contributed by atoms with Gasteiger partial charge in [-0.25, -0.2) is 19.6 Å². The highest BCUT2D eigenvalue weighted by atomic mass is 19.1. The first kappa shape index (κ1) is 32.4. The molecule has 6 aliphatic heterocycles. The number of nitrogens with zero attached hydrogens (tertiary/aromatic N) is 4. The van der Waals surface area contributed by atoms with Crippen LogP contribution in [0.25, 0.3) is 21.8 Å². The number of halogens is 2. The van der Waals surface area contributed by atoms with Crippen LogP contribution in [0.2, 0.25) is 0 Å². The van der Waals surface area contributed by atoms with Crippen LogP contribution < -0.4 is 10.9 Å². The van der Waals surface area contributed by atoms with Crippen molar-refractivity contribution in [1.29, 1.82) is 0 Å². The van der Waals surface area contributed by atoms with Crippen LogP contribution in [0.15, 0.2) is 34.5 Å². The number of aromatic nitrogens is 2. The van der Waals surface area contributed by atoms with E-state index in [0.29, 0.717) is 35.2 Å². The van der Waals surface area contributed by atoms with Crippen molar-refractivity contribution >= 4 is 45.0 Å². The van der Waals surface area contributed by atoms with Crippen LogP contribution in [0.3, 0.4) is 0 Å². The third kappa shape index (κ3) is 4.24. The molecular weight excluding hydrogens is 614 g/mol. The third-order valence-electron chi connectivity index (χ3n) is 10.7. The predicted molar refractivity (Wildman–Crippen MR) is 172 cm³/mol. The summed E-state index contributed by atoms with van der Waals surface area (Å²) in [7, 11) is 0. The molecule has 2 amide bonds. The summed E-state index contributed by atoms with van der Waals surface area (Å²) in [6.45, 7) is 7.89. The Morgan fingerprint density at radius 2 is 1.09 bits per heavy atom. The van der Waals surface area contributed by atoms with Gasteiger partial charge in [-0.3, -0.25) is 19.4 Å². The van der Waals surface area contributed by atoms with E-state index in [2.05, 4.69) is 54.7 Å². The SMILES string of the molecule is C[C@]12CCCN1CC1=NNC(=O)c3cc(F)cc4[nH]c2c1c34.C[C@]12CCCN1CC1=NNC(=O)c3cc(F)cc4[nH]c2c1c34.O.O.O. The average Bonchev–Trinajstić information content (AvgIpc) is 3.73. The smallest absolute Gasteiger partial charge is 0.272 e. The molecule has 0 spiro atoms. The van der Waals surface area contributed by atoms with Crippen LogP contribution in [-0.2, 0) is 11.1 Å². The highest BCUT2D eigenvalue weighted by Crippen LogP contribution is 2.47. The molecule has 10 rings (SSSR count). The van der Waals surface area contributed by atoms with Crippen LogP contribution in [-0.4, -0.2) is 85.6 Å². The van der Waals surface area contributed by atoms with E-state index in [-0.39, 0.29) is 39.3 Å². The zero-order valence-corrected chi connectivity index (χ0v) is 25.8. The van der Waals surface area contributed by atoms with E-state index in [1.54, 1.807) is 0 Å². The van der Waals surface area contributed by atoms with Gasteiger partial charge in [0.2, 0.25) is 0 Å². The quantitative estimate of drug-likeness (QED) is 0.223. The molecule has 47 heavy (non-hydrogen) atoms. The fourth-order valence-corrected chi connectivity index (χ4v) is 8.51. The second kappa shape index (κ2) is 10.7. The van der Waals surface area contributed by atoms with Crippen LogP contribution >= 0.6 is 0 Å². The number of carbonyl (C=O) groups is 2. The van der Waals surface area contributed by atoms with Gasteiger partial charge in [-0.05, 0) is 76.9 Å². The van der Waals surface area contributed by atoms with E-state index in [1.807, 2.05) is 0 Å². The molecule has 2 aromatic carbocycles. The van der Waals surface area contributed by atoms with Crippen molar-refractivity contribution in [2.24, 2.45) is 10.2 Å². The van der Waals surface area contributed by atoms with Gasteiger partial charge in [-0.15, -0.1) is 0 Å². The number of nitrogens with one attached hydrogen (secondary N) is 4. The van der Waals surface area contributed by atoms with E-state index in [0.717, 1.165) is 83.5 Å². The maximum absolute atomic E-state index is 13.9. The van der Waals surface area contributed by atoms with Crippen molar-refractivity contribution in [3.63, 3.8) is 0 Å². The molecule has 13 nitrogen and oxygen atoms in total. The van der Waals surface area contributed by atoms with Gasteiger partial charge in [0, 0.05) is 46.4 Å². The van der Waals surface area contributed by atoms with Crippen LogP contribution in [0.5, 0.6) is 0 Å². The number of fused-ring (bicyclic) bond motifs is 4. The number of H-pyrrole nitrogens is 2. The summed E-state index contributed by atoms with van der Waals surface area (Å²) in [5, 5.41) is 10.2. The Kier molecular flexibility index (Phi) is 7.41. The molecular formula is C32H36F2N8O5. The molecule has 2 aromatic heterocycles. The molecule has 0 unspecified atom stereocenters. The number of hydrazone groups is 2. The number of hydrogen-bond donors (Lipinski definition) is 4. The second-order valence-electron chi connectivity index (χ2n) is 13.1. The van der Waals surface area contributed by atoms with E-state index in [9.17, 15) is 18.4 Å². The van der Waals surface area contributed by atoms with Crippen molar-refractivity contribution in [2.75, 3.05) is 26.2 Å². The molecule has 0 radical (unpaired) electrons. The molecule has 0 saturated carbocycles. The van der Waals surface area contributed by atoms with Gasteiger partial charge < -0.3 is 26.4 Å². The minimum Gasteiger partial charge on any atom is -0.412 e. The van der Waals surface area contributed by atoms with Crippen molar-refractivity contribution in [3.05, 3.63) is 69.5 Å². The Balaban J connectivity index is 0.000000155. The summed E-state index contributed by atoms with van der Waals surface area (Å²) < 4.78 is 27.8. The molecule has 10 N–H and O–H groups in total. The van der Waals surface area contributed by atoms with E-state index < -0.39 is 11.6 Å². The summed E-state index contributed by atoms with van der Waals surface area (Å²) >= 11 is 0. The molecule has 6 aliphatic rings. The van der Waals surface area contributed by atoms with Gasteiger partial charge in [-0.2, -0.15) is 10.2 Å². The van der Waals surface area contributed by atoms with Gasteiger partial charge >= 0.3 is 0 Å². The molecule has 2 atom stereocenters. The maximum Gasteiger partial charge on any atom is 0.272 e. The Morgan fingerprint density at radius 1 is 0.681 bits per heavy atom. The lowest BCUT2D eigenvalue weighted by molar-refractivity contribution is 0.0948. The third-order valence-corrected chi connectivity index (χ3v) is 10.7. The summed E-state index contributed by atoms with van der Waals surface area (Å²) in [6, 6.07) is 5.53. The van der Waals surface area contributed by atoms with Crippen LogP contribution in [0, 0.1) is 11.6 Å². The van der Waals surface area contributed by atoms with Gasteiger partial charge in [0.25, 0.3) is 11.8 Å². The standard InChI is InChI=1S/2C16H15FN4O.3H2O/c2*1-16-3-2-4-21(16)7-11-13-12-9(15(22)20-19-11)5-8(17)6-10(12)18-14(13)16;;;/h2*5-6,18H,2-4,7H2,1H3,(H,20,22);3*1H2/t2*16-;;;/m11.../s1. The molecule has 8 heterocycles. The average molecular weight is 651 g/mol. The van der Waals surface area contributed by atoms with Gasteiger partial charge in [0.15, 0.2) is 0 Å². The largest absolute Gasteiger partial charge is 0.412 e. The fraction of sp³-hybridized carbons (Fsp3) is 0.375. The predicted octanol–water partition coefficient (Wildman–Crippen LogP) is 1.68. The number of aromatic amines is 2. The first-order chi connectivity index (χ1) is 21.2. The minimum atomic E-state index is -0.409. The lowest BCUT2D eigenvalue weighted by atomic mass is 9.85. The zero-order valence-electron chi connectivity index (χ0n) is 25.8. The van der Waals surface area contributed by atoms with Crippen LogP contribution in [0.1, 0.15) is 82.8 Å². The number of hydrogen-bond acceptors (Lipinski definition) is 6. The summed E-state index contributed by atoms with van der Waals surface area (Å²) in [6.07, 6.45) is 4.37. The van der Waals surface area contributed by atoms with Crippen LogP contribution in [0.4, 0.5) is 8.78 Å². The molecule has 2 saturated heterocycles. The normalized spacial score (nSPS) is 24.9. The van der Waals surface area contributed by atoms with E-state index >= 15 is 0 Å². The monoisotopic (exact) mass is 650 g/mol. The molecule has 248 valence electrons. The topological polar surface area (TPSA) is 215 Å².